The van der Waals surface area contributed by atoms with E-state index < -0.39 is 0 Å². The maximum Gasteiger partial charge on any atom is 0.254 e. The molecule has 0 saturated carbocycles. The molecule has 1 atom stereocenters. The first kappa shape index (κ1) is 15.7. The summed E-state index contributed by atoms with van der Waals surface area (Å²) >= 11 is 1.42. The number of thioether (sulfide) groups is 1. The van der Waals surface area contributed by atoms with Gasteiger partial charge in [-0.1, -0.05) is 11.8 Å². The highest BCUT2D eigenvalue weighted by atomic mass is 32.2. The van der Waals surface area contributed by atoms with E-state index in [1.165, 1.54) is 31.1 Å². The molecule has 8 heteroatoms. The molecule has 1 N–H and O–H groups in total. The van der Waals surface area contributed by atoms with Gasteiger partial charge in [0.1, 0.15) is 0 Å². The average Bonchev–Trinajstić information content (AvgIpc) is 2.53. The van der Waals surface area contributed by atoms with Crippen LogP contribution in [0.25, 0.3) is 0 Å². The van der Waals surface area contributed by atoms with Crippen molar-refractivity contribution in [3.63, 3.8) is 0 Å². The number of hydrogen-bond donors (Lipinski definition) is 1. The van der Waals surface area contributed by atoms with E-state index >= 15 is 0 Å². The molecule has 7 nitrogen and oxygen atoms in total. The highest BCUT2D eigenvalue weighted by Gasteiger charge is 2.22. The number of rotatable bonds is 4. The van der Waals surface area contributed by atoms with Crippen molar-refractivity contribution in [3.8, 4) is 0 Å². The summed E-state index contributed by atoms with van der Waals surface area (Å²) in [6, 6.07) is 0. The van der Waals surface area contributed by atoms with Gasteiger partial charge < -0.3 is 15.0 Å². The summed E-state index contributed by atoms with van der Waals surface area (Å²) in [5.41, 5.74) is 0.409. The topological polar surface area (TPSA) is 84.4 Å². The Labute approximate surface area is 127 Å². The third-order valence-electron chi connectivity index (χ3n) is 3.15. The number of nitrogens with one attached hydrogen (secondary N) is 1. The van der Waals surface area contributed by atoms with Crippen molar-refractivity contribution in [2.45, 2.75) is 18.2 Å². The minimum atomic E-state index is -0.244. The van der Waals surface area contributed by atoms with Gasteiger partial charge in [-0.2, -0.15) is 0 Å². The maximum absolute atomic E-state index is 12.0. The van der Waals surface area contributed by atoms with Gasteiger partial charge in [-0.05, 0) is 6.26 Å². The molecule has 2 rings (SSSR count). The van der Waals surface area contributed by atoms with Crippen LogP contribution in [-0.2, 0) is 9.53 Å². The largest absolute Gasteiger partial charge is 0.373 e. The highest BCUT2D eigenvalue weighted by Crippen LogP contribution is 2.08. The Morgan fingerprint density at radius 1 is 1.48 bits per heavy atom. The van der Waals surface area contributed by atoms with Gasteiger partial charge in [-0.15, -0.1) is 0 Å². The molecule has 0 spiro atoms. The van der Waals surface area contributed by atoms with E-state index in [2.05, 4.69) is 15.3 Å². The van der Waals surface area contributed by atoms with E-state index in [9.17, 15) is 9.59 Å². The molecule has 1 saturated heterocycles. The predicted molar refractivity (Wildman–Crippen MR) is 78.1 cm³/mol. The Bertz CT molecular complexity index is 509. The fourth-order valence-corrected chi connectivity index (χ4v) is 2.29. The Kier molecular flexibility index (Phi) is 5.51. The van der Waals surface area contributed by atoms with Gasteiger partial charge in [-0.3, -0.25) is 9.59 Å². The Morgan fingerprint density at radius 3 is 2.81 bits per heavy atom. The van der Waals surface area contributed by atoms with Crippen LogP contribution in [0.4, 0.5) is 0 Å². The van der Waals surface area contributed by atoms with E-state index in [4.69, 9.17) is 4.74 Å². The molecule has 0 bridgehead atoms. The van der Waals surface area contributed by atoms with Gasteiger partial charge in [-0.25, -0.2) is 9.97 Å². The standard InChI is InChI=1S/C13H18N4O3S/c1-9(18)17-3-4-20-11(8-17)7-14-12(19)10-5-15-13(21-2)16-6-10/h5-6,11H,3-4,7-8H2,1-2H3,(H,14,19)/t11-/m1/s1. The van der Waals surface area contributed by atoms with E-state index in [0.29, 0.717) is 37.0 Å². The number of morpholine rings is 1. The molecule has 0 unspecified atom stereocenters. The van der Waals surface area contributed by atoms with Gasteiger partial charge in [0.25, 0.3) is 5.91 Å². The number of carbonyl (C=O) groups excluding carboxylic acids is 2. The van der Waals surface area contributed by atoms with Crippen LogP contribution in [0.5, 0.6) is 0 Å². The molecular weight excluding hydrogens is 292 g/mol. The average molecular weight is 310 g/mol. The third-order valence-corrected chi connectivity index (χ3v) is 3.72. The molecular formula is C13H18N4O3S. The molecule has 114 valence electrons. The first-order valence-electron chi connectivity index (χ1n) is 6.61. The summed E-state index contributed by atoms with van der Waals surface area (Å²) < 4.78 is 5.54. The van der Waals surface area contributed by atoms with Gasteiger partial charge in [0.2, 0.25) is 5.91 Å². The smallest absolute Gasteiger partial charge is 0.254 e. The van der Waals surface area contributed by atoms with Gasteiger partial charge in [0.15, 0.2) is 5.16 Å². The van der Waals surface area contributed by atoms with E-state index in [1.807, 2.05) is 6.26 Å². The second-order valence-corrected chi connectivity index (χ2v) is 5.40. The van der Waals surface area contributed by atoms with Crippen LogP contribution in [0.2, 0.25) is 0 Å². The first-order valence-corrected chi connectivity index (χ1v) is 7.84. The fourth-order valence-electron chi connectivity index (χ4n) is 1.98. The zero-order valence-electron chi connectivity index (χ0n) is 12.0. The molecule has 1 aliphatic rings. The molecule has 1 aromatic heterocycles. The van der Waals surface area contributed by atoms with Crippen LogP contribution in [-0.4, -0.2) is 65.3 Å². The van der Waals surface area contributed by atoms with Crippen LogP contribution in [0, 0.1) is 0 Å². The number of aromatic nitrogens is 2. The summed E-state index contributed by atoms with van der Waals surface area (Å²) in [4.78, 5) is 33.1. The molecule has 2 heterocycles. The predicted octanol–water partition coefficient (Wildman–Crippen LogP) is 0.176. The van der Waals surface area contributed by atoms with Crippen LogP contribution in [0.1, 0.15) is 17.3 Å². The lowest BCUT2D eigenvalue weighted by Gasteiger charge is -2.32. The second-order valence-electron chi connectivity index (χ2n) is 4.63. The fraction of sp³-hybridized carbons (Fsp3) is 0.538. The van der Waals surface area contributed by atoms with E-state index in [0.717, 1.165) is 0 Å². The quantitative estimate of drug-likeness (QED) is 0.631. The normalized spacial score (nSPS) is 18.4. The number of ether oxygens (including phenoxy) is 1. The molecule has 2 amide bonds. The maximum atomic E-state index is 12.0. The van der Waals surface area contributed by atoms with Crippen LogP contribution >= 0.6 is 11.8 Å². The zero-order chi connectivity index (χ0) is 15.2. The summed E-state index contributed by atoms with van der Waals surface area (Å²) in [5, 5.41) is 3.40. The van der Waals surface area contributed by atoms with E-state index in [-0.39, 0.29) is 17.9 Å². The monoisotopic (exact) mass is 310 g/mol. The van der Waals surface area contributed by atoms with Crippen molar-refractivity contribution in [1.29, 1.82) is 0 Å². The van der Waals surface area contributed by atoms with Crippen LogP contribution in [0.15, 0.2) is 17.6 Å². The van der Waals surface area contributed by atoms with Crippen molar-refractivity contribution in [2.75, 3.05) is 32.5 Å². The van der Waals surface area contributed by atoms with Gasteiger partial charge >= 0.3 is 0 Å². The molecule has 1 aromatic rings. The lowest BCUT2D eigenvalue weighted by Crippen LogP contribution is -2.49. The molecule has 1 aliphatic heterocycles. The Morgan fingerprint density at radius 2 is 2.19 bits per heavy atom. The Balaban J connectivity index is 1.84. The summed E-state index contributed by atoms with van der Waals surface area (Å²) in [7, 11) is 0. The minimum absolute atomic E-state index is 0.0238. The van der Waals surface area contributed by atoms with Crippen molar-refractivity contribution >= 4 is 23.6 Å². The number of carbonyl (C=O) groups is 2. The lowest BCUT2D eigenvalue weighted by molar-refractivity contribution is -0.136. The highest BCUT2D eigenvalue weighted by molar-refractivity contribution is 7.98. The lowest BCUT2D eigenvalue weighted by atomic mass is 10.2. The summed E-state index contributed by atoms with van der Waals surface area (Å²) in [5.74, 6) is -0.220. The third kappa shape index (κ3) is 4.40. The van der Waals surface area contributed by atoms with Crippen molar-refractivity contribution in [1.82, 2.24) is 20.2 Å². The van der Waals surface area contributed by atoms with Gasteiger partial charge in [0, 0.05) is 39.0 Å². The molecule has 21 heavy (non-hydrogen) atoms. The number of amides is 2. The molecule has 0 radical (unpaired) electrons. The minimum Gasteiger partial charge on any atom is -0.373 e. The van der Waals surface area contributed by atoms with E-state index in [1.54, 1.807) is 4.90 Å². The molecule has 1 fully saturated rings. The van der Waals surface area contributed by atoms with Crippen LogP contribution < -0.4 is 5.32 Å². The Hall–Kier alpha value is -1.67. The van der Waals surface area contributed by atoms with Crippen molar-refractivity contribution in [2.24, 2.45) is 0 Å². The molecule has 0 aromatic carbocycles. The SMILES string of the molecule is CSc1ncc(C(=O)NC[C@@H]2CN(C(C)=O)CCO2)cn1. The first-order chi connectivity index (χ1) is 10.1. The number of hydrogen-bond acceptors (Lipinski definition) is 6. The van der Waals surface area contributed by atoms with Crippen molar-refractivity contribution < 1.29 is 14.3 Å². The second kappa shape index (κ2) is 7.37. The molecule has 0 aliphatic carbocycles. The van der Waals surface area contributed by atoms with Crippen LogP contribution in [0.3, 0.4) is 0 Å². The van der Waals surface area contributed by atoms with Gasteiger partial charge in [0.05, 0.1) is 18.3 Å². The summed E-state index contributed by atoms with van der Waals surface area (Å²) in [6.45, 7) is 3.48. The van der Waals surface area contributed by atoms with Crippen molar-refractivity contribution in [3.05, 3.63) is 18.0 Å². The number of nitrogens with zero attached hydrogens (tertiary/aromatic N) is 3. The zero-order valence-corrected chi connectivity index (χ0v) is 12.9. The summed E-state index contributed by atoms with van der Waals surface area (Å²) in [6.07, 6.45) is 4.68.